The van der Waals surface area contributed by atoms with Crippen LogP contribution < -0.4 is 15.0 Å². The summed E-state index contributed by atoms with van der Waals surface area (Å²) < 4.78 is 12.8. The number of anilines is 1. The number of aromatic nitrogens is 2. The van der Waals surface area contributed by atoms with Crippen LogP contribution in [0.1, 0.15) is 52.0 Å². The van der Waals surface area contributed by atoms with Crippen LogP contribution >= 0.6 is 12.2 Å². The summed E-state index contributed by atoms with van der Waals surface area (Å²) in [6.45, 7) is 6.74. The maximum Gasteiger partial charge on any atom is 0.337 e. The number of nitrogens with one attached hydrogen (secondary N) is 1. The Morgan fingerprint density at radius 2 is 1.82 bits per heavy atom. The minimum absolute atomic E-state index is 0.154. The molecule has 0 amide bonds. The first kappa shape index (κ1) is 25.5. The lowest BCUT2D eigenvalue weighted by Crippen LogP contribution is -2.29. The van der Waals surface area contributed by atoms with Crippen LogP contribution in [0.3, 0.4) is 0 Å². The predicted molar refractivity (Wildman–Crippen MR) is 152 cm³/mol. The molecule has 1 aliphatic heterocycles. The molecule has 1 fully saturated rings. The quantitative estimate of drug-likeness (QED) is 0.239. The number of aryl methyl sites for hydroxylation is 1. The Bertz CT molecular complexity index is 1470. The molecular weight excluding hydrogens is 496 g/mol. The summed E-state index contributed by atoms with van der Waals surface area (Å²) in [6, 6.07) is 23.3. The van der Waals surface area contributed by atoms with Gasteiger partial charge < -0.3 is 24.3 Å². The van der Waals surface area contributed by atoms with Crippen LogP contribution in [0.2, 0.25) is 0 Å². The average Bonchev–Trinajstić information content (AvgIpc) is 3.44. The van der Waals surface area contributed by atoms with Gasteiger partial charge in [0.1, 0.15) is 5.75 Å². The molecular formula is C30H30N4O3S. The van der Waals surface area contributed by atoms with E-state index in [0.717, 1.165) is 39.8 Å². The van der Waals surface area contributed by atoms with Crippen molar-refractivity contribution in [2.24, 2.45) is 0 Å². The molecule has 2 aromatic carbocycles. The van der Waals surface area contributed by atoms with Crippen molar-refractivity contribution >= 4 is 29.0 Å². The highest BCUT2D eigenvalue weighted by atomic mass is 32.1. The van der Waals surface area contributed by atoms with Gasteiger partial charge in [0.25, 0.3) is 0 Å². The van der Waals surface area contributed by atoms with E-state index < -0.39 is 0 Å². The number of esters is 1. The third kappa shape index (κ3) is 4.63. The second-order valence-corrected chi connectivity index (χ2v) is 9.51. The molecule has 7 nitrogen and oxygen atoms in total. The van der Waals surface area contributed by atoms with Crippen LogP contribution in [0.25, 0.3) is 5.69 Å². The first-order valence-electron chi connectivity index (χ1n) is 12.5. The summed E-state index contributed by atoms with van der Waals surface area (Å²) in [5.74, 6) is 0.451. The third-order valence-electron chi connectivity index (χ3n) is 6.84. The summed E-state index contributed by atoms with van der Waals surface area (Å²) in [5.41, 5.74) is 6.48. The Hall–Kier alpha value is -4.17. The average molecular weight is 527 g/mol. The lowest BCUT2D eigenvalue weighted by atomic mass is 9.96. The smallest absolute Gasteiger partial charge is 0.337 e. The normalized spacial score (nSPS) is 16.8. The molecule has 8 heteroatoms. The van der Waals surface area contributed by atoms with E-state index in [1.807, 2.05) is 67.6 Å². The van der Waals surface area contributed by atoms with Crippen LogP contribution in [-0.2, 0) is 4.74 Å². The Morgan fingerprint density at radius 1 is 1.03 bits per heavy atom. The minimum atomic E-state index is -0.364. The second kappa shape index (κ2) is 10.7. The standard InChI is InChI=1S/C30H30N4O3S/c1-5-37-24-14-12-22(13-15-24)34-28(27(32-30(34)38)26-11-6-7-16-31-26)25-17-19(2)33(20(25)3)23-10-8-9-21(18-23)29(35)36-4/h6-18,27-28H,5H2,1-4H3,(H,32,38). The lowest BCUT2D eigenvalue weighted by molar-refractivity contribution is 0.0600. The number of hydrogen-bond acceptors (Lipinski definition) is 5. The van der Waals surface area contributed by atoms with Crippen molar-refractivity contribution in [2.45, 2.75) is 32.9 Å². The fourth-order valence-corrected chi connectivity index (χ4v) is 5.54. The summed E-state index contributed by atoms with van der Waals surface area (Å²) in [5, 5.41) is 4.16. The van der Waals surface area contributed by atoms with Crippen molar-refractivity contribution in [1.82, 2.24) is 14.9 Å². The Balaban J connectivity index is 1.63. The number of ether oxygens (including phenoxy) is 2. The topological polar surface area (TPSA) is 68.6 Å². The highest BCUT2D eigenvalue weighted by Crippen LogP contribution is 2.44. The Morgan fingerprint density at radius 3 is 2.50 bits per heavy atom. The molecule has 1 aliphatic rings. The van der Waals surface area contributed by atoms with Gasteiger partial charge >= 0.3 is 5.97 Å². The number of carbonyl (C=O) groups is 1. The maximum atomic E-state index is 12.2. The predicted octanol–water partition coefficient (Wildman–Crippen LogP) is 5.85. The van der Waals surface area contributed by atoms with Crippen molar-refractivity contribution in [3.63, 3.8) is 0 Å². The molecule has 0 bridgehead atoms. The van der Waals surface area contributed by atoms with Crippen LogP contribution in [0.5, 0.6) is 5.75 Å². The molecule has 1 saturated heterocycles. The number of methoxy groups -OCH3 is 1. The molecule has 5 rings (SSSR count). The van der Waals surface area contributed by atoms with Crippen LogP contribution in [0, 0.1) is 13.8 Å². The van der Waals surface area contributed by atoms with E-state index in [1.165, 1.54) is 7.11 Å². The van der Waals surface area contributed by atoms with Crippen molar-refractivity contribution in [3.8, 4) is 11.4 Å². The van der Waals surface area contributed by atoms with Gasteiger partial charge in [0, 0.05) is 29.0 Å². The van der Waals surface area contributed by atoms with Crippen LogP contribution in [0.15, 0.2) is 79.0 Å². The SMILES string of the molecule is CCOc1ccc(N2C(=S)NC(c3ccccn3)C2c2cc(C)n(-c3cccc(C(=O)OC)c3)c2C)cc1. The van der Waals surface area contributed by atoms with Crippen molar-refractivity contribution < 1.29 is 14.3 Å². The van der Waals surface area contributed by atoms with Gasteiger partial charge in [-0.25, -0.2) is 4.79 Å². The van der Waals surface area contributed by atoms with E-state index >= 15 is 0 Å². The first-order valence-corrected chi connectivity index (χ1v) is 12.9. The van der Waals surface area contributed by atoms with E-state index in [0.29, 0.717) is 17.3 Å². The van der Waals surface area contributed by atoms with Gasteiger partial charge in [-0.05, 0) is 99.2 Å². The van der Waals surface area contributed by atoms with E-state index in [9.17, 15) is 4.79 Å². The van der Waals surface area contributed by atoms with Gasteiger partial charge in [0.2, 0.25) is 0 Å². The molecule has 0 aliphatic carbocycles. The highest BCUT2D eigenvalue weighted by molar-refractivity contribution is 7.80. The van der Waals surface area contributed by atoms with Gasteiger partial charge in [0.05, 0.1) is 37.1 Å². The molecule has 38 heavy (non-hydrogen) atoms. The molecule has 2 atom stereocenters. The number of carbonyl (C=O) groups excluding carboxylic acids is 1. The number of nitrogens with zero attached hydrogens (tertiary/aromatic N) is 3. The molecule has 0 spiro atoms. The van der Waals surface area contributed by atoms with Crippen molar-refractivity contribution in [2.75, 3.05) is 18.6 Å². The van der Waals surface area contributed by atoms with Gasteiger partial charge in [-0.3, -0.25) is 4.98 Å². The number of rotatable bonds is 7. The third-order valence-corrected chi connectivity index (χ3v) is 7.15. The zero-order chi connectivity index (χ0) is 26.8. The van der Waals surface area contributed by atoms with E-state index in [2.05, 4.69) is 39.7 Å². The van der Waals surface area contributed by atoms with E-state index in [4.69, 9.17) is 21.7 Å². The van der Waals surface area contributed by atoms with Gasteiger partial charge in [-0.1, -0.05) is 12.1 Å². The number of thiocarbonyl (C=S) groups is 1. The summed E-state index contributed by atoms with van der Waals surface area (Å²) in [7, 11) is 1.39. The Labute approximate surface area is 228 Å². The zero-order valence-corrected chi connectivity index (χ0v) is 22.7. The first-order chi connectivity index (χ1) is 18.4. The van der Waals surface area contributed by atoms with E-state index in [1.54, 1.807) is 12.3 Å². The molecule has 2 aromatic heterocycles. The van der Waals surface area contributed by atoms with Crippen LogP contribution in [0.4, 0.5) is 5.69 Å². The number of pyridine rings is 1. The lowest BCUT2D eigenvalue weighted by Gasteiger charge is -2.28. The highest BCUT2D eigenvalue weighted by Gasteiger charge is 2.42. The molecule has 0 radical (unpaired) electrons. The van der Waals surface area contributed by atoms with Gasteiger partial charge in [-0.2, -0.15) is 0 Å². The molecule has 1 N–H and O–H groups in total. The van der Waals surface area contributed by atoms with Gasteiger partial charge in [-0.15, -0.1) is 0 Å². The summed E-state index contributed by atoms with van der Waals surface area (Å²) in [6.07, 6.45) is 1.80. The molecule has 4 aromatic rings. The van der Waals surface area contributed by atoms with Crippen molar-refractivity contribution in [1.29, 1.82) is 0 Å². The van der Waals surface area contributed by atoms with E-state index in [-0.39, 0.29) is 18.1 Å². The van der Waals surface area contributed by atoms with Gasteiger partial charge in [0.15, 0.2) is 5.11 Å². The van der Waals surface area contributed by atoms with Crippen LogP contribution in [-0.4, -0.2) is 34.3 Å². The summed E-state index contributed by atoms with van der Waals surface area (Å²) in [4.78, 5) is 19.0. The fourth-order valence-electron chi connectivity index (χ4n) is 5.19. The minimum Gasteiger partial charge on any atom is -0.494 e. The Kier molecular flexibility index (Phi) is 7.15. The zero-order valence-electron chi connectivity index (χ0n) is 21.8. The molecule has 194 valence electrons. The van der Waals surface area contributed by atoms with Crippen molar-refractivity contribution in [3.05, 3.63) is 107 Å². The maximum absolute atomic E-state index is 12.2. The molecule has 0 saturated carbocycles. The largest absolute Gasteiger partial charge is 0.494 e. The monoisotopic (exact) mass is 526 g/mol. The summed E-state index contributed by atoms with van der Waals surface area (Å²) >= 11 is 5.89. The molecule has 3 heterocycles. The fraction of sp³-hybridized carbons (Fsp3) is 0.233. The molecule has 2 unspecified atom stereocenters. The second-order valence-electron chi connectivity index (χ2n) is 9.13. The number of hydrogen-bond donors (Lipinski definition) is 1. The number of benzene rings is 2.